The smallest absolute Gasteiger partial charge is 0.342 e. The lowest BCUT2D eigenvalue weighted by molar-refractivity contribution is -0.131. The van der Waals surface area contributed by atoms with E-state index in [9.17, 15) is 9.90 Å². The first kappa shape index (κ1) is 21.7. The number of carbonyl (C=O) groups is 1. The van der Waals surface area contributed by atoms with E-state index in [-0.39, 0.29) is 22.6 Å². The highest BCUT2D eigenvalue weighted by atomic mass is 32.2. The zero-order chi connectivity index (χ0) is 22.2. The summed E-state index contributed by atoms with van der Waals surface area (Å²) in [7, 11) is 3.06. The van der Waals surface area contributed by atoms with Crippen LogP contribution in [0.4, 0.5) is 0 Å². The van der Waals surface area contributed by atoms with Gasteiger partial charge in [-0.1, -0.05) is 12.1 Å². The highest BCUT2D eigenvalue weighted by molar-refractivity contribution is 8.03. The van der Waals surface area contributed by atoms with Crippen molar-refractivity contribution < 1.29 is 28.5 Å². The summed E-state index contributed by atoms with van der Waals surface area (Å²) in [6, 6.07) is 13.6. The van der Waals surface area contributed by atoms with Crippen molar-refractivity contribution in [2.45, 2.75) is 5.22 Å². The highest BCUT2D eigenvalue weighted by Crippen LogP contribution is 2.33. The van der Waals surface area contributed by atoms with Crippen molar-refractivity contribution in [1.29, 1.82) is 5.26 Å². The summed E-state index contributed by atoms with van der Waals surface area (Å²) in [5, 5.41) is 26.1. The molecule has 0 amide bonds. The Morgan fingerprint density at radius 2 is 1.81 bits per heavy atom. The molecule has 0 spiro atoms. The first-order valence-electron chi connectivity index (χ1n) is 8.82. The molecule has 3 rings (SSSR count). The van der Waals surface area contributed by atoms with Crippen LogP contribution < -0.4 is 14.2 Å². The lowest BCUT2D eigenvalue weighted by Crippen LogP contribution is -1.97. The molecular formula is C21H17N3O6S. The van der Waals surface area contributed by atoms with Gasteiger partial charge in [-0.3, -0.25) is 0 Å². The van der Waals surface area contributed by atoms with Crippen molar-refractivity contribution >= 4 is 23.8 Å². The summed E-state index contributed by atoms with van der Waals surface area (Å²) in [5.41, 5.74) is 1.20. The molecule has 31 heavy (non-hydrogen) atoms. The fraction of sp³-hybridized carbons (Fsp3) is 0.143. The molecule has 0 unspecified atom stereocenters. The van der Waals surface area contributed by atoms with Crippen LogP contribution in [0.5, 0.6) is 17.2 Å². The second-order valence-electron chi connectivity index (χ2n) is 5.91. The van der Waals surface area contributed by atoms with Crippen LogP contribution in [-0.4, -0.2) is 42.1 Å². The van der Waals surface area contributed by atoms with Gasteiger partial charge in [-0.05, 0) is 47.7 Å². The number of aliphatic carboxylic acids is 1. The number of aromatic nitrogens is 2. The summed E-state index contributed by atoms with van der Waals surface area (Å²) in [6.07, 6.45) is 1.47. The molecule has 0 saturated carbocycles. The molecule has 2 aromatic carbocycles. The minimum Gasteiger partial charge on any atom is -0.497 e. The fourth-order valence-electron chi connectivity index (χ4n) is 2.45. The quantitative estimate of drug-likeness (QED) is 0.387. The van der Waals surface area contributed by atoms with E-state index in [1.54, 1.807) is 42.5 Å². The highest BCUT2D eigenvalue weighted by Gasteiger charge is 2.17. The number of nitriles is 1. The maximum Gasteiger partial charge on any atom is 0.342 e. The van der Waals surface area contributed by atoms with Crippen molar-refractivity contribution in [3.63, 3.8) is 0 Å². The molecule has 1 heterocycles. The molecule has 10 heteroatoms. The third kappa shape index (κ3) is 5.77. The van der Waals surface area contributed by atoms with E-state index < -0.39 is 5.97 Å². The SMILES string of the molecule is COc1cc(OC)cc(-c2nnc(S/C(=C\c3ccc(OCC#N)cc3)C(=O)O)o2)c1. The third-order valence-electron chi connectivity index (χ3n) is 3.89. The van der Waals surface area contributed by atoms with Crippen molar-refractivity contribution in [2.24, 2.45) is 0 Å². The zero-order valence-corrected chi connectivity index (χ0v) is 17.4. The Kier molecular flexibility index (Phi) is 7.13. The predicted octanol–water partition coefficient (Wildman–Crippen LogP) is 3.87. The van der Waals surface area contributed by atoms with Crippen LogP contribution in [0.2, 0.25) is 0 Å². The van der Waals surface area contributed by atoms with Gasteiger partial charge in [0.1, 0.15) is 28.2 Å². The van der Waals surface area contributed by atoms with E-state index in [0.717, 1.165) is 11.8 Å². The lowest BCUT2D eigenvalue weighted by atomic mass is 10.2. The number of rotatable bonds is 9. The first-order chi connectivity index (χ1) is 15.0. The maximum absolute atomic E-state index is 11.7. The van der Waals surface area contributed by atoms with E-state index in [1.807, 2.05) is 6.07 Å². The second kappa shape index (κ2) is 10.2. The van der Waals surface area contributed by atoms with Crippen LogP contribution in [0.15, 0.2) is 57.0 Å². The lowest BCUT2D eigenvalue weighted by Gasteiger charge is -2.05. The van der Waals surface area contributed by atoms with Crippen LogP contribution in [-0.2, 0) is 4.79 Å². The Hall–Kier alpha value is -3.97. The molecule has 1 N–H and O–H groups in total. The third-order valence-corrected chi connectivity index (χ3v) is 4.75. The number of hydrogen-bond donors (Lipinski definition) is 1. The fourth-order valence-corrected chi connectivity index (χ4v) is 3.13. The standard InChI is InChI=1S/C21H17N3O6S/c1-27-16-10-14(11-17(12-16)28-2)19-23-24-21(30-19)31-18(20(25)26)9-13-3-5-15(6-4-13)29-8-7-22/h3-6,9-12H,8H2,1-2H3,(H,25,26)/b18-9-. The summed E-state index contributed by atoms with van der Waals surface area (Å²) < 4.78 is 21.3. The minimum absolute atomic E-state index is 0.0101. The van der Waals surface area contributed by atoms with Crippen molar-refractivity contribution in [3.8, 4) is 34.8 Å². The largest absolute Gasteiger partial charge is 0.497 e. The molecule has 1 aromatic heterocycles. The molecule has 0 radical (unpaired) electrons. The number of thioether (sulfide) groups is 1. The first-order valence-corrected chi connectivity index (χ1v) is 9.63. The molecule has 3 aromatic rings. The molecular weight excluding hydrogens is 422 g/mol. The van der Waals surface area contributed by atoms with Gasteiger partial charge in [0.2, 0.25) is 5.89 Å². The number of nitrogens with zero attached hydrogens (tertiary/aromatic N) is 3. The molecule has 0 aliphatic rings. The molecule has 9 nitrogen and oxygen atoms in total. The van der Waals surface area contributed by atoms with Gasteiger partial charge in [0.25, 0.3) is 5.22 Å². The van der Waals surface area contributed by atoms with E-state index in [4.69, 9.17) is 23.9 Å². The Bertz CT molecular complexity index is 1110. The Balaban J connectivity index is 1.80. The molecule has 0 fully saturated rings. The number of hydrogen-bond acceptors (Lipinski definition) is 9. The van der Waals surface area contributed by atoms with Gasteiger partial charge >= 0.3 is 5.97 Å². The van der Waals surface area contributed by atoms with E-state index in [0.29, 0.717) is 28.4 Å². The van der Waals surface area contributed by atoms with Crippen LogP contribution in [0, 0.1) is 11.3 Å². The average Bonchev–Trinajstić information content (AvgIpc) is 3.26. The molecule has 0 aliphatic carbocycles. The van der Waals surface area contributed by atoms with Gasteiger partial charge < -0.3 is 23.7 Å². The van der Waals surface area contributed by atoms with Gasteiger partial charge in [0, 0.05) is 11.6 Å². The van der Waals surface area contributed by atoms with Gasteiger partial charge in [-0.2, -0.15) is 5.26 Å². The van der Waals surface area contributed by atoms with Gasteiger partial charge in [0.15, 0.2) is 6.61 Å². The monoisotopic (exact) mass is 439 g/mol. The Labute approximate surface area is 181 Å². The second-order valence-corrected chi connectivity index (χ2v) is 6.90. The van der Waals surface area contributed by atoms with Crippen LogP contribution in [0.1, 0.15) is 5.56 Å². The van der Waals surface area contributed by atoms with Crippen LogP contribution >= 0.6 is 11.8 Å². The van der Waals surface area contributed by atoms with Crippen molar-refractivity contribution in [3.05, 3.63) is 52.9 Å². The molecule has 0 bridgehead atoms. The maximum atomic E-state index is 11.7. The summed E-state index contributed by atoms with van der Waals surface area (Å²) >= 11 is 0.830. The Morgan fingerprint density at radius 1 is 1.13 bits per heavy atom. The number of methoxy groups -OCH3 is 2. The molecule has 158 valence electrons. The average molecular weight is 439 g/mol. The van der Waals surface area contributed by atoms with E-state index >= 15 is 0 Å². The number of carboxylic acids is 1. The summed E-state index contributed by atoms with van der Waals surface area (Å²) in [4.78, 5) is 11.7. The summed E-state index contributed by atoms with van der Waals surface area (Å²) in [6.45, 7) is -0.0654. The topological polar surface area (TPSA) is 128 Å². The zero-order valence-electron chi connectivity index (χ0n) is 16.6. The van der Waals surface area contributed by atoms with E-state index in [1.165, 1.54) is 20.3 Å². The summed E-state index contributed by atoms with van der Waals surface area (Å²) in [5.74, 6) is 0.671. The normalized spacial score (nSPS) is 10.9. The number of ether oxygens (including phenoxy) is 3. The van der Waals surface area contributed by atoms with Gasteiger partial charge in [0.05, 0.1) is 14.2 Å². The van der Waals surface area contributed by atoms with Gasteiger partial charge in [-0.25, -0.2) is 4.79 Å². The molecule has 0 aliphatic heterocycles. The molecule has 0 atom stereocenters. The van der Waals surface area contributed by atoms with Crippen molar-refractivity contribution in [1.82, 2.24) is 10.2 Å². The minimum atomic E-state index is -1.14. The van der Waals surface area contributed by atoms with Crippen LogP contribution in [0.3, 0.4) is 0 Å². The molecule has 0 saturated heterocycles. The number of carboxylic acid groups (broad SMARTS) is 1. The Morgan fingerprint density at radius 3 is 2.39 bits per heavy atom. The van der Waals surface area contributed by atoms with Crippen molar-refractivity contribution in [2.75, 3.05) is 20.8 Å². The van der Waals surface area contributed by atoms with E-state index in [2.05, 4.69) is 10.2 Å². The van der Waals surface area contributed by atoms with Gasteiger partial charge in [-0.15, -0.1) is 10.2 Å². The van der Waals surface area contributed by atoms with Crippen LogP contribution in [0.25, 0.3) is 17.5 Å². The predicted molar refractivity (Wildman–Crippen MR) is 112 cm³/mol. The number of benzene rings is 2.